The molecule has 1 fully saturated rings. The SMILES string of the molecule is CC1CCCN(C(=O)Nc2cc(F)ccc2Br)C1. The smallest absolute Gasteiger partial charge is 0.321 e. The summed E-state index contributed by atoms with van der Waals surface area (Å²) in [4.78, 5) is 13.8. The molecule has 0 radical (unpaired) electrons. The maximum atomic E-state index is 13.1. The van der Waals surface area contributed by atoms with Gasteiger partial charge in [0.25, 0.3) is 0 Å². The van der Waals surface area contributed by atoms with Crippen LogP contribution >= 0.6 is 15.9 Å². The molecule has 1 aliphatic rings. The van der Waals surface area contributed by atoms with Gasteiger partial charge in [0.15, 0.2) is 0 Å². The number of amides is 2. The van der Waals surface area contributed by atoms with Gasteiger partial charge in [-0.1, -0.05) is 6.92 Å². The number of piperidine rings is 1. The number of rotatable bonds is 1. The highest BCUT2D eigenvalue weighted by Crippen LogP contribution is 2.24. The number of carbonyl (C=O) groups is 1. The topological polar surface area (TPSA) is 32.3 Å². The van der Waals surface area contributed by atoms with Gasteiger partial charge < -0.3 is 10.2 Å². The fourth-order valence-electron chi connectivity index (χ4n) is 2.16. The van der Waals surface area contributed by atoms with E-state index in [1.165, 1.54) is 12.1 Å². The average Bonchev–Trinajstić information content (AvgIpc) is 2.34. The van der Waals surface area contributed by atoms with E-state index in [-0.39, 0.29) is 11.8 Å². The van der Waals surface area contributed by atoms with Gasteiger partial charge in [-0.05, 0) is 52.9 Å². The van der Waals surface area contributed by atoms with Gasteiger partial charge in [0.2, 0.25) is 0 Å². The predicted molar refractivity (Wildman–Crippen MR) is 73.1 cm³/mol. The fourth-order valence-corrected chi connectivity index (χ4v) is 2.51. The molecule has 1 heterocycles. The van der Waals surface area contributed by atoms with E-state index >= 15 is 0 Å². The molecule has 1 N–H and O–H groups in total. The molecule has 1 aliphatic heterocycles. The van der Waals surface area contributed by atoms with Crippen LogP contribution in [0.5, 0.6) is 0 Å². The van der Waals surface area contributed by atoms with Crippen molar-refractivity contribution < 1.29 is 9.18 Å². The number of anilines is 1. The zero-order valence-electron chi connectivity index (χ0n) is 10.2. The first-order valence-electron chi connectivity index (χ1n) is 6.07. The molecule has 3 nitrogen and oxygen atoms in total. The van der Waals surface area contributed by atoms with Crippen molar-refractivity contribution in [3.05, 3.63) is 28.5 Å². The Hall–Kier alpha value is -1.10. The van der Waals surface area contributed by atoms with Crippen LogP contribution in [0.4, 0.5) is 14.9 Å². The molecule has 1 unspecified atom stereocenters. The molecule has 1 atom stereocenters. The largest absolute Gasteiger partial charge is 0.324 e. The van der Waals surface area contributed by atoms with Crippen LogP contribution in [-0.2, 0) is 0 Å². The Kier molecular flexibility index (Phi) is 4.22. The van der Waals surface area contributed by atoms with Crippen LogP contribution in [0.15, 0.2) is 22.7 Å². The van der Waals surface area contributed by atoms with Crippen LogP contribution in [0.2, 0.25) is 0 Å². The van der Waals surface area contributed by atoms with Gasteiger partial charge in [0.1, 0.15) is 5.82 Å². The number of benzene rings is 1. The van der Waals surface area contributed by atoms with Crippen molar-refractivity contribution >= 4 is 27.6 Å². The van der Waals surface area contributed by atoms with Crippen molar-refractivity contribution in [1.82, 2.24) is 4.90 Å². The van der Waals surface area contributed by atoms with Gasteiger partial charge in [-0.15, -0.1) is 0 Å². The molecule has 0 aromatic heterocycles. The highest BCUT2D eigenvalue weighted by Gasteiger charge is 2.21. The summed E-state index contributed by atoms with van der Waals surface area (Å²) in [5.41, 5.74) is 0.471. The van der Waals surface area contributed by atoms with Crippen molar-refractivity contribution in [2.75, 3.05) is 18.4 Å². The van der Waals surface area contributed by atoms with E-state index in [0.717, 1.165) is 25.9 Å². The fraction of sp³-hybridized carbons (Fsp3) is 0.462. The summed E-state index contributed by atoms with van der Waals surface area (Å²) in [7, 11) is 0. The molecule has 18 heavy (non-hydrogen) atoms. The lowest BCUT2D eigenvalue weighted by Gasteiger charge is -2.31. The van der Waals surface area contributed by atoms with Crippen LogP contribution in [0, 0.1) is 11.7 Å². The van der Waals surface area contributed by atoms with E-state index in [1.807, 2.05) is 0 Å². The second-order valence-corrected chi connectivity index (χ2v) is 5.60. The summed E-state index contributed by atoms with van der Waals surface area (Å²) in [6.45, 7) is 3.67. The monoisotopic (exact) mass is 314 g/mol. The van der Waals surface area contributed by atoms with E-state index in [9.17, 15) is 9.18 Å². The number of nitrogens with one attached hydrogen (secondary N) is 1. The zero-order valence-corrected chi connectivity index (χ0v) is 11.8. The third-order valence-electron chi connectivity index (χ3n) is 3.11. The van der Waals surface area contributed by atoms with Gasteiger partial charge in [-0.2, -0.15) is 0 Å². The Morgan fingerprint density at radius 2 is 2.33 bits per heavy atom. The lowest BCUT2D eigenvalue weighted by molar-refractivity contribution is 0.182. The highest BCUT2D eigenvalue weighted by molar-refractivity contribution is 9.10. The number of nitrogens with zero attached hydrogens (tertiary/aromatic N) is 1. The molecule has 0 spiro atoms. The predicted octanol–water partition coefficient (Wildman–Crippen LogP) is 3.85. The molecule has 0 aliphatic carbocycles. The molecule has 1 aromatic carbocycles. The lowest BCUT2D eigenvalue weighted by Crippen LogP contribution is -2.41. The number of hydrogen-bond acceptors (Lipinski definition) is 1. The van der Waals surface area contributed by atoms with E-state index in [2.05, 4.69) is 28.2 Å². The highest BCUT2D eigenvalue weighted by atomic mass is 79.9. The normalized spacial score (nSPS) is 19.7. The van der Waals surface area contributed by atoms with Gasteiger partial charge >= 0.3 is 6.03 Å². The summed E-state index contributed by atoms with van der Waals surface area (Å²) >= 11 is 3.29. The molecule has 0 bridgehead atoms. The molecule has 98 valence electrons. The van der Waals surface area contributed by atoms with Gasteiger partial charge in [0, 0.05) is 17.6 Å². The van der Waals surface area contributed by atoms with Crippen LogP contribution in [0.1, 0.15) is 19.8 Å². The number of likely N-dealkylation sites (tertiary alicyclic amines) is 1. The maximum Gasteiger partial charge on any atom is 0.321 e. The molecule has 2 amide bonds. The van der Waals surface area contributed by atoms with Gasteiger partial charge in [-0.25, -0.2) is 9.18 Å². The Morgan fingerprint density at radius 3 is 3.06 bits per heavy atom. The van der Waals surface area contributed by atoms with E-state index < -0.39 is 0 Å². The minimum atomic E-state index is -0.361. The summed E-state index contributed by atoms with van der Waals surface area (Å²) in [5, 5.41) is 2.74. The minimum Gasteiger partial charge on any atom is -0.324 e. The van der Waals surface area contributed by atoms with Crippen molar-refractivity contribution in [2.45, 2.75) is 19.8 Å². The molecule has 0 saturated carbocycles. The quantitative estimate of drug-likeness (QED) is 0.839. The first-order valence-corrected chi connectivity index (χ1v) is 6.86. The number of hydrogen-bond donors (Lipinski definition) is 1. The van der Waals surface area contributed by atoms with E-state index in [1.54, 1.807) is 11.0 Å². The van der Waals surface area contributed by atoms with Crippen molar-refractivity contribution in [3.63, 3.8) is 0 Å². The first kappa shape index (κ1) is 13.3. The molecule has 1 aromatic rings. The minimum absolute atomic E-state index is 0.159. The van der Waals surface area contributed by atoms with Crippen molar-refractivity contribution in [1.29, 1.82) is 0 Å². The van der Waals surface area contributed by atoms with Crippen LogP contribution < -0.4 is 5.32 Å². The molecule has 2 rings (SSSR count). The number of halogens is 2. The first-order chi connectivity index (χ1) is 8.56. The average molecular weight is 315 g/mol. The molecular weight excluding hydrogens is 299 g/mol. The third kappa shape index (κ3) is 3.22. The van der Waals surface area contributed by atoms with Crippen molar-refractivity contribution in [2.24, 2.45) is 5.92 Å². The Balaban J connectivity index is 2.04. The molecule has 1 saturated heterocycles. The van der Waals surface area contributed by atoms with Crippen LogP contribution in [0.25, 0.3) is 0 Å². The number of carbonyl (C=O) groups excluding carboxylic acids is 1. The zero-order chi connectivity index (χ0) is 13.1. The van der Waals surface area contributed by atoms with Crippen LogP contribution in [0.3, 0.4) is 0 Å². The van der Waals surface area contributed by atoms with Gasteiger partial charge in [-0.3, -0.25) is 0 Å². The Labute approximate surface area is 114 Å². The number of urea groups is 1. The Bertz CT molecular complexity index is 453. The third-order valence-corrected chi connectivity index (χ3v) is 3.81. The van der Waals surface area contributed by atoms with Crippen LogP contribution in [-0.4, -0.2) is 24.0 Å². The summed E-state index contributed by atoms with van der Waals surface area (Å²) in [5.74, 6) is 0.168. The van der Waals surface area contributed by atoms with E-state index in [4.69, 9.17) is 0 Å². The maximum absolute atomic E-state index is 13.1. The standard InChI is InChI=1S/C13H16BrFN2O/c1-9-3-2-6-17(8-9)13(18)16-12-7-10(15)4-5-11(12)14/h4-5,7,9H,2-3,6,8H2,1H3,(H,16,18). The molecule has 5 heteroatoms. The Morgan fingerprint density at radius 1 is 1.56 bits per heavy atom. The lowest BCUT2D eigenvalue weighted by atomic mass is 10.0. The summed E-state index contributed by atoms with van der Waals surface area (Å²) < 4.78 is 13.8. The second-order valence-electron chi connectivity index (χ2n) is 4.75. The summed E-state index contributed by atoms with van der Waals surface area (Å²) in [6.07, 6.45) is 2.19. The second kappa shape index (κ2) is 5.69. The van der Waals surface area contributed by atoms with Crippen molar-refractivity contribution in [3.8, 4) is 0 Å². The molecular formula is C13H16BrFN2O. The van der Waals surface area contributed by atoms with E-state index in [0.29, 0.717) is 16.1 Å². The van der Waals surface area contributed by atoms with Gasteiger partial charge in [0.05, 0.1) is 5.69 Å². The summed E-state index contributed by atoms with van der Waals surface area (Å²) in [6, 6.07) is 4.09.